The van der Waals surface area contributed by atoms with Crippen molar-refractivity contribution in [1.29, 1.82) is 0 Å². The lowest BCUT2D eigenvalue weighted by atomic mass is 10.3. The Bertz CT molecular complexity index is 612. The number of benzene rings is 1. The van der Waals surface area contributed by atoms with Crippen LogP contribution in [0.5, 0.6) is 0 Å². The van der Waals surface area contributed by atoms with Crippen LogP contribution in [0.15, 0.2) is 24.3 Å². The Labute approximate surface area is 80.2 Å². The molecule has 0 aliphatic carbocycles. The minimum absolute atomic E-state index is 0.767. The van der Waals surface area contributed by atoms with Gasteiger partial charge in [-0.05, 0) is 19.1 Å². The molecule has 0 fully saturated rings. The van der Waals surface area contributed by atoms with Gasteiger partial charge in [0.15, 0.2) is 5.65 Å². The van der Waals surface area contributed by atoms with E-state index >= 15 is 0 Å². The van der Waals surface area contributed by atoms with Crippen LogP contribution in [-0.4, -0.2) is 19.6 Å². The Morgan fingerprint density at radius 1 is 1.29 bits per heavy atom. The van der Waals surface area contributed by atoms with E-state index in [2.05, 4.69) is 21.5 Å². The molecule has 3 rings (SSSR count). The van der Waals surface area contributed by atoms with E-state index in [0.717, 1.165) is 22.4 Å². The van der Waals surface area contributed by atoms with E-state index in [-0.39, 0.29) is 0 Å². The molecule has 0 bridgehead atoms. The van der Waals surface area contributed by atoms with Gasteiger partial charge < -0.3 is 0 Å². The molecular formula is C10H7N4. The molecule has 0 atom stereocenters. The number of para-hydroxylation sites is 2. The van der Waals surface area contributed by atoms with Crippen molar-refractivity contribution in [1.82, 2.24) is 19.6 Å². The largest absolute Gasteiger partial charge is 0.269 e. The van der Waals surface area contributed by atoms with Crippen molar-refractivity contribution in [3.63, 3.8) is 0 Å². The number of aromatic nitrogens is 4. The lowest BCUT2D eigenvalue weighted by Crippen LogP contribution is -1.94. The summed E-state index contributed by atoms with van der Waals surface area (Å²) in [7, 11) is 0. The third kappa shape index (κ3) is 0.849. The first kappa shape index (κ1) is 7.44. The Hall–Kier alpha value is -1.97. The molecule has 14 heavy (non-hydrogen) atoms. The molecule has 4 heteroatoms. The van der Waals surface area contributed by atoms with Crippen molar-refractivity contribution in [2.45, 2.75) is 6.92 Å². The van der Waals surface area contributed by atoms with E-state index < -0.39 is 0 Å². The van der Waals surface area contributed by atoms with Gasteiger partial charge in [0.2, 0.25) is 6.33 Å². The van der Waals surface area contributed by atoms with Crippen LogP contribution < -0.4 is 0 Å². The van der Waals surface area contributed by atoms with E-state index in [1.54, 1.807) is 0 Å². The molecule has 67 valence electrons. The first-order chi connectivity index (χ1) is 6.86. The number of hydrogen-bond acceptors (Lipinski definition) is 3. The second kappa shape index (κ2) is 2.51. The lowest BCUT2D eigenvalue weighted by Gasteiger charge is -2.01. The minimum Gasteiger partial charge on any atom is -0.269 e. The van der Waals surface area contributed by atoms with Crippen LogP contribution in [-0.2, 0) is 0 Å². The van der Waals surface area contributed by atoms with E-state index in [0.29, 0.717) is 0 Å². The molecule has 3 aromatic rings. The smallest absolute Gasteiger partial charge is 0.207 e. The van der Waals surface area contributed by atoms with Gasteiger partial charge in [0.05, 0.1) is 16.7 Å². The lowest BCUT2D eigenvalue weighted by molar-refractivity contribution is 1.09. The van der Waals surface area contributed by atoms with E-state index in [9.17, 15) is 0 Å². The Kier molecular flexibility index (Phi) is 1.33. The van der Waals surface area contributed by atoms with Gasteiger partial charge in [-0.3, -0.25) is 4.40 Å². The molecule has 4 nitrogen and oxygen atoms in total. The second-order valence-corrected chi connectivity index (χ2v) is 3.14. The van der Waals surface area contributed by atoms with Gasteiger partial charge in [-0.2, -0.15) is 0 Å². The Morgan fingerprint density at radius 3 is 3.07 bits per heavy atom. The fraction of sp³-hybridized carbons (Fsp3) is 0.100. The number of nitrogens with zero attached hydrogens (tertiary/aromatic N) is 4. The second-order valence-electron chi connectivity index (χ2n) is 3.14. The summed E-state index contributed by atoms with van der Waals surface area (Å²) in [5.74, 6) is 0. The highest BCUT2D eigenvalue weighted by Gasteiger charge is 2.05. The van der Waals surface area contributed by atoms with Crippen LogP contribution in [0, 0.1) is 13.3 Å². The highest BCUT2D eigenvalue weighted by molar-refractivity contribution is 5.77. The average molecular weight is 183 g/mol. The van der Waals surface area contributed by atoms with E-state index in [1.807, 2.05) is 35.6 Å². The predicted octanol–water partition coefficient (Wildman–Crippen LogP) is 1.39. The van der Waals surface area contributed by atoms with Crippen molar-refractivity contribution in [2.24, 2.45) is 0 Å². The molecule has 0 unspecified atom stereocenters. The number of hydrogen-bond donors (Lipinski definition) is 0. The van der Waals surface area contributed by atoms with Gasteiger partial charge in [-0.1, -0.05) is 12.1 Å². The summed E-state index contributed by atoms with van der Waals surface area (Å²) in [6.45, 7) is 1.92. The first-order valence-corrected chi connectivity index (χ1v) is 4.34. The molecule has 0 N–H and O–H groups in total. The van der Waals surface area contributed by atoms with Gasteiger partial charge in [-0.15, -0.1) is 10.2 Å². The molecule has 2 aromatic heterocycles. The minimum atomic E-state index is 0.767. The topological polar surface area (TPSA) is 43.1 Å². The van der Waals surface area contributed by atoms with Crippen LogP contribution in [0.4, 0.5) is 0 Å². The third-order valence-electron chi connectivity index (χ3n) is 2.24. The SMILES string of the molecule is Cc1nc2ccccc2n2[c]nnc12. The molecule has 0 saturated heterocycles. The van der Waals surface area contributed by atoms with Crippen molar-refractivity contribution in [3.8, 4) is 0 Å². The summed E-state index contributed by atoms with van der Waals surface area (Å²) in [4.78, 5) is 4.43. The summed E-state index contributed by atoms with van der Waals surface area (Å²) in [6.07, 6.45) is 2.82. The van der Waals surface area contributed by atoms with E-state index in [4.69, 9.17) is 0 Å². The number of fused-ring (bicyclic) bond motifs is 3. The van der Waals surface area contributed by atoms with Gasteiger partial charge in [0.25, 0.3) is 0 Å². The molecule has 2 heterocycles. The molecule has 1 radical (unpaired) electrons. The maximum Gasteiger partial charge on any atom is 0.207 e. The molecule has 0 saturated carbocycles. The molecule has 1 aromatic carbocycles. The van der Waals surface area contributed by atoms with E-state index in [1.165, 1.54) is 0 Å². The average Bonchev–Trinajstić information content (AvgIpc) is 2.67. The summed E-state index contributed by atoms with van der Waals surface area (Å²) in [5.41, 5.74) is 3.56. The summed E-state index contributed by atoms with van der Waals surface area (Å²) >= 11 is 0. The maximum atomic E-state index is 4.43. The molecular weight excluding hydrogens is 176 g/mol. The third-order valence-corrected chi connectivity index (χ3v) is 2.24. The quantitative estimate of drug-likeness (QED) is 0.529. The Morgan fingerprint density at radius 2 is 2.14 bits per heavy atom. The maximum absolute atomic E-state index is 4.43. The zero-order valence-electron chi connectivity index (χ0n) is 7.60. The van der Waals surface area contributed by atoms with Gasteiger partial charge >= 0.3 is 0 Å². The highest BCUT2D eigenvalue weighted by atomic mass is 15.2. The predicted molar refractivity (Wildman–Crippen MR) is 51.9 cm³/mol. The van der Waals surface area contributed by atoms with Crippen molar-refractivity contribution >= 4 is 16.7 Å². The normalized spacial score (nSPS) is 11.2. The van der Waals surface area contributed by atoms with Crippen molar-refractivity contribution in [2.75, 3.05) is 0 Å². The van der Waals surface area contributed by atoms with Crippen LogP contribution in [0.25, 0.3) is 16.7 Å². The van der Waals surface area contributed by atoms with Crippen molar-refractivity contribution < 1.29 is 0 Å². The van der Waals surface area contributed by atoms with Gasteiger partial charge in [-0.25, -0.2) is 4.98 Å². The molecule has 0 aliphatic heterocycles. The summed E-state index contributed by atoms with van der Waals surface area (Å²) < 4.78 is 1.83. The van der Waals surface area contributed by atoms with Crippen LogP contribution in [0.2, 0.25) is 0 Å². The summed E-state index contributed by atoms with van der Waals surface area (Å²) in [5, 5.41) is 7.72. The Balaban J connectivity index is 2.66. The van der Waals surface area contributed by atoms with Crippen LogP contribution >= 0.6 is 0 Å². The van der Waals surface area contributed by atoms with Crippen LogP contribution in [0.3, 0.4) is 0 Å². The fourth-order valence-electron chi connectivity index (χ4n) is 1.59. The fourth-order valence-corrected chi connectivity index (χ4v) is 1.59. The van der Waals surface area contributed by atoms with Crippen LogP contribution in [0.1, 0.15) is 5.69 Å². The molecule has 0 spiro atoms. The number of rotatable bonds is 0. The van der Waals surface area contributed by atoms with Gasteiger partial charge in [0.1, 0.15) is 0 Å². The summed E-state index contributed by atoms with van der Waals surface area (Å²) in [6, 6.07) is 7.88. The molecule has 0 amide bonds. The van der Waals surface area contributed by atoms with Crippen molar-refractivity contribution in [3.05, 3.63) is 36.3 Å². The van der Waals surface area contributed by atoms with Gasteiger partial charge in [0, 0.05) is 0 Å². The number of aryl methyl sites for hydroxylation is 1. The standard InChI is InChI=1S/C10H7N4/c1-7-10-13-11-6-14(10)9-5-3-2-4-8(9)12-7/h2-5H,1H3. The monoisotopic (exact) mass is 183 g/mol. The zero-order chi connectivity index (χ0) is 9.54. The molecule has 0 aliphatic rings. The first-order valence-electron chi connectivity index (χ1n) is 4.34. The zero-order valence-corrected chi connectivity index (χ0v) is 7.60. The highest BCUT2D eigenvalue weighted by Crippen LogP contribution is 2.14.